The lowest BCUT2D eigenvalue weighted by Crippen LogP contribution is -2.42. The third-order valence-electron chi connectivity index (χ3n) is 7.09. The summed E-state index contributed by atoms with van der Waals surface area (Å²) in [5, 5.41) is 19.5. The zero-order valence-electron chi connectivity index (χ0n) is 21.6. The second-order valence-electron chi connectivity index (χ2n) is 10.8. The summed E-state index contributed by atoms with van der Waals surface area (Å²) in [6, 6.07) is 11.5. The second kappa shape index (κ2) is 11.6. The van der Waals surface area contributed by atoms with E-state index in [1.807, 2.05) is 0 Å². The largest absolute Gasteiger partial charge is 0.492 e. The lowest BCUT2D eigenvalue weighted by Gasteiger charge is -2.34. The third kappa shape index (κ3) is 7.06. The van der Waals surface area contributed by atoms with Crippen LogP contribution >= 0.6 is 0 Å². The van der Waals surface area contributed by atoms with Gasteiger partial charge in [-0.05, 0) is 88.4 Å². The molecule has 0 saturated carbocycles. The van der Waals surface area contributed by atoms with Gasteiger partial charge in [0.15, 0.2) is 0 Å². The van der Waals surface area contributed by atoms with Gasteiger partial charge in [0.05, 0.1) is 18.3 Å². The molecule has 2 heterocycles. The molecule has 2 aromatic carbocycles. The van der Waals surface area contributed by atoms with E-state index in [-0.39, 0.29) is 18.0 Å². The van der Waals surface area contributed by atoms with Crippen LogP contribution < -0.4 is 4.74 Å². The van der Waals surface area contributed by atoms with Crippen LogP contribution in [0.25, 0.3) is 11.1 Å². The van der Waals surface area contributed by atoms with Crippen LogP contribution in [0.3, 0.4) is 0 Å². The summed E-state index contributed by atoms with van der Waals surface area (Å²) in [4.78, 5) is 16.4. The highest BCUT2D eigenvalue weighted by atomic mass is 19.1. The summed E-state index contributed by atoms with van der Waals surface area (Å²) in [5.74, 6) is -0.0720. The Kier molecular flexibility index (Phi) is 8.46. The van der Waals surface area contributed by atoms with Gasteiger partial charge in [-0.25, -0.2) is 8.78 Å². The van der Waals surface area contributed by atoms with Crippen molar-refractivity contribution in [2.75, 3.05) is 39.3 Å². The molecule has 0 unspecified atom stereocenters. The maximum absolute atomic E-state index is 15.0. The van der Waals surface area contributed by atoms with Crippen LogP contribution in [0.2, 0.25) is 0 Å². The van der Waals surface area contributed by atoms with Crippen LogP contribution in [0.4, 0.5) is 8.78 Å². The number of hydrogen-bond donors (Lipinski definition) is 1. The predicted molar refractivity (Wildman–Crippen MR) is 138 cm³/mol. The Balaban J connectivity index is 1.39. The van der Waals surface area contributed by atoms with E-state index in [2.05, 4.69) is 11.0 Å². The first-order chi connectivity index (χ1) is 17.6. The van der Waals surface area contributed by atoms with E-state index in [0.717, 1.165) is 32.4 Å². The smallest absolute Gasteiger partial charge is 0.254 e. The normalized spacial score (nSPS) is 19.5. The lowest BCUT2D eigenvalue weighted by atomic mass is 9.96. The second-order valence-corrected chi connectivity index (χ2v) is 10.8. The summed E-state index contributed by atoms with van der Waals surface area (Å²) >= 11 is 0. The number of carbonyl (C=O) groups excluding carboxylic acids is 1. The molecule has 8 heteroatoms. The number of ether oxygens (including phenoxy) is 1. The maximum Gasteiger partial charge on any atom is 0.254 e. The standard InChI is InChI=1S/C29H35F2N3O3/c1-29(2,31)19-33-12-9-20(10-13-33)18-37-27-8-6-21(14-23(27)16-32)25-7-5-22(15-26(25)30)28(36)34-11-3-4-24(35)17-34/h5-8,14-15,20,24,35H,3-4,9-13,17-19H2,1-2H3/t24-/m1/s1. The van der Waals surface area contributed by atoms with Gasteiger partial charge >= 0.3 is 0 Å². The van der Waals surface area contributed by atoms with Gasteiger partial charge in [0.1, 0.15) is 23.3 Å². The molecule has 0 aliphatic carbocycles. The highest BCUT2D eigenvalue weighted by Crippen LogP contribution is 2.30. The van der Waals surface area contributed by atoms with Gasteiger partial charge in [-0.1, -0.05) is 12.1 Å². The quantitative estimate of drug-likeness (QED) is 0.578. The third-order valence-corrected chi connectivity index (χ3v) is 7.09. The van der Waals surface area contributed by atoms with Crippen LogP contribution in [0.15, 0.2) is 36.4 Å². The maximum atomic E-state index is 15.0. The van der Waals surface area contributed by atoms with Gasteiger partial charge in [-0.2, -0.15) is 5.26 Å². The van der Waals surface area contributed by atoms with E-state index in [1.54, 1.807) is 49.1 Å². The first-order valence-corrected chi connectivity index (χ1v) is 13.0. The minimum Gasteiger partial charge on any atom is -0.492 e. The Hall–Kier alpha value is -3.02. The number of hydrogen-bond acceptors (Lipinski definition) is 5. The molecule has 2 saturated heterocycles. The van der Waals surface area contributed by atoms with E-state index in [4.69, 9.17) is 4.74 Å². The number of rotatable bonds is 7. The molecule has 37 heavy (non-hydrogen) atoms. The molecule has 2 aliphatic heterocycles. The molecule has 2 aliphatic rings. The number of aliphatic hydroxyl groups is 1. The van der Waals surface area contributed by atoms with Crippen molar-refractivity contribution in [1.82, 2.24) is 9.80 Å². The lowest BCUT2D eigenvalue weighted by molar-refractivity contribution is 0.0473. The number of β-amino-alcohol motifs (C(OH)–C–C–N with tert-alkyl or cyclic N) is 1. The summed E-state index contributed by atoms with van der Waals surface area (Å²) in [6.07, 6.45) is 2.64. The highest BCUT2D eigenvalue weighted by molar-refractivity contribution is 5.95. The van der Waals surface area contributed by atoms with Crippen molar-refractivity contribution in [3.05, 3.63) is 53.3 Å². The van der Waals surface area contributed by atoms with Crippen LogP contribution in [0, 0.1) is 23.1 Å². The van der Waals surface area contributed by atoms with Gasteiger partial charge in [-0.3, -0.25) is 4.79 Å². The van der Waals surface area contributed by atoms with E-state index in [0.29, 0.717) is 54.5 Å². The fourth-order valence-electron chi connectivity index (χ4n) is 5.17. The SMILES string of the molecule is CC(C)(F)CN1CCC(COc2ccc(-c3ccc(C(=O)N4CCC[C@@H](O)C4)cc3F)cc2C#N)CC1. The minimum atomic E-state index is -1.21. The van der Waals surface area contributed by atoms with Crippen molar-refractivity contribution in [1.29, 1.82) is 5.26 Å². The molecule has 1 N–H and O–H groups in total. The molecule has 198 valence electrons. The van der Waals surface area contributed by atoms with Gasteiger partial charge in [0.25, 0.3) is 5.91 Å². The van der Waals surface area contributed by atoms with Gasteiger partial charge in [0.2, 0.25) is 0 Å². The Morgan fingerprint density at radius 2 is 1.92 bits per heavy atom. The van der Waals surface area contributed by atoms with E-state index < -0.39 is 17.6 Å². The van der Waals surface area contributed by atoms with E-state index in [1.165, 1.54) is 6.07 Å². The molecule has 0 spiro atoms. The van der Waals surface area contributed by atoms with Crippen molar-refractivity contribution in [3.8, 4) is 22.9 Å². The molecule has 6 nitrogen and oxygen atoms in total. The summed E-state index contributed by atoms with van der Waals surface area (Å²) < 4.78 is 34.9. The number of nitrogens with zero attached hydrogens (tertiary/aromatic N) is 3. The molecule has 1 amide bonds. The van der Waals surface area contributed by atoms with Crippen LogP contribution in [0.5, 0.6) is 5.75 Å². The first kappa shape index (κ1) is 27.0. The minimum absolute atomic E-state index is 0.233. The van der Waals surface area contributed by atoms with Crippen molar-refractivity contribution in [3.63, 3.8) is 0 Å². The van der Waals surface area contributed by atoms with E-state index in [9.17, 15) is 19.6 Å². The van der Waals surface area contributed by atoms with E-state index >= 15 is 4.39 Å². The van der Waals surface area contributed by atoms with Gasteiger partial charge in [-0.15, -0.1) is 0 Å². The predicted octanol–water partition coefficient (Wildman–Crippen LogP) is 4.80. The molecular weight excluding hydrogens is 476 g/mol. The average molecular weight is 512 g/mol. The Morgan fingerprint density at radius 1 is 1.16 bits per heavy atom. The number of likely N-dealkylation sites (tertiary alicyclic amines) is 2. The van der Waals surface area contributed by atoms with Crippen molar-refractivity contribution in [2.45, 2.75) is 51.3 Å². The number of piperidine rings is 2. The average Bonchev–Trinajstić information content (AvgIpc) is 2.87. The van der Waals surface area contributed by atoms with Crippen molar-refractivity contribution < 1.29 is 23.4 Å². The summed E-state index contributed by atoms with van der Waals surface area (Å²) in [6.45, 7) is 6.52. The summed E-state index contributed by atoms with van der Waals surface area (Å²) in [5.41, 5.74) is 0.157. The number of benzene rings is 2. The monoisotopic (exact) mass is 511 g/mol. The zero-order chi connectivity index (χ0) is 26.6. The molecule has 2 aromatic rings. The van der Waals surface area contributed by atoms with Crippen LogP contribution in [-0.4, -0.2) is 71.9 Å². The van der Waals surface area contributed by atoms with Gasteiger partial charge < -0.3 is 19.6 Å². The molecular formula is C29H35F2N3O3. The number of halogens is 2. The van der Waals surface area contributed by atoms with Crippen molar-refractivity contribution in [2.24, 2.45) is 5.92 Å². The number of alkyl halides is 1. The topological polar surface area (TPSA) is 76.8 Å². The Labute approximate surface area is 217 Å². The van der Waals surface area contributed by atoms with Crippen molar-refractivity contribution >= 4 is 5.91 Å². The molecule has 2 fully saturated rings. The fourth-order valence-corrected chi connectivity index (χ4v) is 5.17. The highest BCUT2D eigenvalue weighted by Gasteiger charge is 2.26. The van der Waals surface area contributed by atoms with Crippen LogP contribution in [0.1, 0.15) is 55.5 Å². The number of carbonyl (C=O) groups is 1. The fraction of sp³-hybridized carbons (Fsp3) is 0.517. The number of nitriles is 1. The molecule has 0 radical (unpaired) electrons. The van der Waals surface area contributed by atoms with Gasteiger partial charge in [0, 0.05) is 30.8 Å². The zero-order valence-corrected chi connectivity index (χ0v) is 21.6. The molecule has 0 bridgehead atoms. The molecule has 1 atom stereocenters. The Bertz CT molecular complexity index is 1150. The molecule has 4 rings (SSSR count). The summed E-state index contributed by atoms with van der Waals surface area (Å²) in [7, 11) is 0. The van der Waals surface area contributed by atoms with Crippen LogP contribution in [-0.2, 0) is 0 Å². The Morgan fingerprint density at radius 3 is 2.57 bits per heavy atom. The first-order valence-electron chi connectivity index (χ1n) is 13.0. The number of aliphatic hydroxyl groups excluding tert-OH is 1. The molecule has 0 aromatic heterocycles. The number of amides is 1.